The summed E-state index contributed by atoms with van der Waals surface area (Å²) in [4.78, 5) is 10.4. The van der Waals surface area contributed by atoms with Crippen molar-refractivity contribution in [2.24, 2.45) is 0 Å². The number of unbranched alkanes of at least 4 members (excludes halogenated alkanes) is 1. The zero-order chi connectivity index (χ0) is 13.9. The zero-order valence-electron chi connectivity index (χ0n) is 11.2. The molecule has 19 heavy (non-hydrogen) atoms. The lowest BCUT2D eigenvalue weighted by Gasteiger charge is -2.07. The smallest absolute Gasteiger partial charge is 0.328 e. The number of rotatable bonds is 9. The summed E-state index contributed by atoms with van der Waals surface area (Å²) in [5, 5.41) is 8.51. The molecular formula is C15H20O4. The summed E-state index contributed by atoms with van der Waals surface area (Å²) in [6.07, 6.45) is 4.86. The van der Waals surface area contributed by atoms with E-state index in [0.29, 0.717) is 13.2 Å². The minimum absolute atomic E-state index is 0.522. The van der Waals surface area contributed by atoms with E-state index in [9.17, 15) is 4.79 Å². The summed E-state index contributed by atoms with van der Waals surface area (Å²) in [6.45, 7) is 4.01. The predicted octanol–water partition coefficient (Wildman–Crippen LogP) is 2.98. The molecule has 0 radical (unpaired) electrons. The molecule has 4 heteroatoms. The molecule has 0 aliphatic heterocycles. The van der Waals surface area contributed by atoms with Gasteiger partial charge in [0.2, 0.25) is 0 Å². The molecule has 0 unspecified atom stereocenters. The third-order valence-electron chi connectivity index (χ3n) is 2.44. The van der Waals surface area contributed by atoms with Crippen molar-refractivity contribution in [3.05, 3.63) is 35.9 Å². The molecule has 0 fully saturated rings. The van der Waals surface area contributed by atoms with Gasteiger partial charge in [-0.25, -0.2) is 4.79 Å². The molecule has 4 nitrogen and oxygen atoms in total. The molecule has 0 heterocycles. The highest BCUT2D eigenvalue weighted by atomic mass is 16.5. The number of carbonyl (C=O) groups is 1. The van der Waals surface area contributed by atoms with Gasteiger partial charge < -0.3 is 14.6 Å². The van der Waals surface area contributed by atoms with E-state index < -0.39 is 5.97 Å². The molecule has 0 amide bonds. The maximum Gasteiger partial charge on any atom is 0.328 e. The minimum Gasteiger partial charge on any atom is -0.491 e. The average Bonchev–Trinajstić information content (AvgIpc) is 2.41. The Morgan fingerprint density at radius 1 is 1.21 bits per heavy atom. The number of aliphatic carboxylic acids is 1. The van der Waals surface area contributed by atoms with E-state index in [4.69, 9.17) is 14.6 Å². The Kier molecular flexibility index (Phi) is 7.35. The molecule has 104 valence electrons. The van der Waals surface area contributed by atoms with Gasteiger partial charge in [0.1, 0.15) is 12.4 Å². The lowest BCUT2D eigenvalue weighted by Crippen LogP contribution is -2.07. The molecule has 0 spiro atoms. The molecule has 1 aromatic rings. The summed E-state index contributed by atoms with van der Waals surface area (Å²) in [6, 6.07) is 7.25. The summed E-state index contributed by atoms with van der Waals surface area (Å²) >= 11 is 0. The van der Waals surface area contributed by atoms with Crippen LogP contribution in [0.15, 0.2) is 30.3 Å². The van der Waals surface area contributed by atoms with Gasteiger partial charge in [0.25, 0.3) is 0 Å². The number of hydrogen-bond acceptors (Lipinski definition) is 3. The van der Waals surface area contributed by atoms with Crippen LogP contribution in [-0.4, -0.2) is 30.9 Å². The third-order valence-corrected chi connectivity index (χ3v) is 2.44. The van der Waals surface area contributed by atoms with Gasteiger partial charge in [-0.1, -0.05) is 25.5 Å². The first-order valence-corrected chi connectivity index (χ1v) is 6.44. The maximum atomic E-state index is 10.4. The number of carboxylic acids is 1. The Morgan fingerprint density at radius 2 is 1.95 bits per heavy atom. The first kappa shape index (κ1) is 15.2. The van der Waals surface area contributed by atoms with E-state index in [-0.39, 0.29) is 0 Å². The SMILES string of the molecule is CCCCOCCOc1ccc(/C=C/C(=O)O)cc1. The zero-order valence-corrected chi connectivity index (χ0v) is 11.2. The minimum atomic E-state index is -0.954. The molecular weight excluding hydrogens is 244 g/mol. The molecule has 0 saturated heterocycles. The second-order valence-corrected chi connectivity index (χ2v) is 4.05. The number of benzene rings is 1. The Hall–Kier alpha value is -1.81. The van der Waals surface area contributed by atoms with Crippen LogP contribution < -0.4 is 4.74 Å². The average molecular weight is 264 g/mol. The predicted molar refractivity (Wildman–Crippen MR) is 74.3 cm³/mol. The third kappa shape index (κ3) is 7.26. The van der Waals surface area contributed by atoms with Crippen LogP contribution in [0.1, 0.15) is 25.3 Å². The summed E-state index contributed by atoms with van der Waals surface area (Å²) in [5.74, 6) is -0.198. The van der Waals surface area contributed by atoms with Crippen LogP contribution in [0.25, 0.3) is 6.08 Å². The quantitative estimate of drug-likeness (QED) is 0.550. The Morgan fingerprint density at radius 3 is 2.58 bits per heavy atom. The van der Waals surface area contributed by atoms with Gasteiger partial charge in [0.05, 0.1) is 6.61 Å². The summed E-state index contributed by atoms with van der Waals surface area (Å²) < 4.78 is 10.9. The van der Waals surface area contributed by atoms with Gasteiger partial charge in [-0.15, -0.1) is 0 Å². The Balaban J connectivity index is 2.26. The second kappa shape index (κ2) is 9.16. The van der Waals surface area contributed by atoms with Crippen molar-refractivity contribution in [2.75, 3.05) is 19.8 Å². The molecule has 0 bridgehead atoms. The largest absolute Gasteiger partial charge is 0.491 e. The van der Waals surface area contributed by atoms with Gasteiger partial charge in [-0.3, -0.25) is 0 Å². The van der Waals surface area contributed by atoms with Crippen molar-refractivity contribution in [3.63, 3.8) is 0 Å². The molecule has 1 N–H and O–H groups in total. The molecule has 0 aromatic heterocycles. The normalized spacial score (nSPS) is 10.8. The molecule has 0 saturated carbocycles. The fraction of sp³-hybridized carbons (Fsp3) is 0.400. The van der Waals surface area contributed by atoms with E-state index >= 15 is 0 Å². The summed E-state index contributed by atoms with van der Waals surface area (Å²) in [5.41, 5.74) is 0.828. The molecule has 0 atom stereocenters. The molecule has 1 aromatic carbocycles. The fourth-order valence-corrected chi connectivity index (χ4v) is 1.41. The lowest BCUT2D eigenvalue weighted by atomic mass is 10.2. The Bertz CT molecular complexity index is 395. The first-order valence-electron chi connectivity index (χ1n) is 6.44. The van der Waals surface area contributed by atoms with Gasteiger partial charge in [-0.05, 0) is 30.2 Å². The van der Waals surface area contributed by atoms with Gasteiger partial charge in [0.15, 0.2) is 0 Å². The Labute approximate surface area is 113 Å². The van der Waals surface area contributed by atoms with Crippen molar-refractivity contribution in [2.45, 2.75) is 19.8 Å². The van der Waals surface area contributed by atoms with Crippen LogP contribution in [0.4, 0.5) is 0 Å². The fourth-order valence-electron chi connectivity index (χ4n) is 1.41. The van der Waals surface area contributed by atoms with Gasteiger partial charge in [-0.2, -0.15) is 0 Å². The van der Waals surface area contributed by atoms with Crippen LogP contribution in [-0.2, 0) is 9.53 Å². The highest BCUT2D eigenvalue weighted by molar-refractivity contribution is 5.85. The van der Waals surface area contributed by atoms with Crippen LogP contribution in [0.2, 0.25) is 0 Å². The van der Waals surface area contributed by atoms with Crippen molar-refractivity contribution in [1.82, 2.24) is 0 Å². The van der Waals surface area contributed by atoms with E-state index in [2.05, 4.69) is 6.92 Å². The van der Waals surface area contributed by atoms with Crippen molar-refractivity contribution < 1.29 is 19.4 Å². The lowest BCUT2D eigenvalue weighted by molar-refractivity contribution is -0.131. The van der Waals surface area contributed by atoms with Crippen molar-refractivity contribution in [3.8, 4) is 5.75 Å². The van der Waals surface area contributed by atoms with Gasteiger partial charge in [0, 0.05) is 12.7 Å². The van der Waals surface area contributed by atoms with Crippen molar-refractivity contribution in [1.29, 1.82) is 0 Å². The van der Waals surface area contributed by atoms with E-state index in [1.165, 1.54) is 0 Å². The highest BCUT2D eigenvalue weighted by Gasteiger charge is 1.95. The van der Waals surface area contributed by atoms with Crippen LogP contribution in [0.3, 0.4) is 0 Å². The van der Waals surface area contributed by atoms with Gasteiger partial charge >= 0.3 is 5.97 Å². The number of hydrogen-bond donors (Lipinski definition) is 1. The topological polar surface area (TPSA) is 55.8 Å². The molecule has 0 aliphatic rings. The van der Waals surface area contributed by atoms with E-state index in [0.717, 1.165) is 36.8 Å². The van der Waals surface area contributed by atoms with Crippen LogP contribution in [0.5, 0.6) is 5.75 Å². The van der Waals surface area contributed by atoms with Crippen molar-refractivity contribution >= 4 is 12.0 Å². The van der Waals surface area contributed by atoms with E-state index in [1.54, 1.807) is 6.08 Å². The first-order chi connectivity index (χ1) is 9.22. The summed E-state index contributed by atoms with van der Waals surface area (Å²) in [7, 11) is 0. The second-order valence-electron chi connectivity index (χ2n) is 4.05. The number of ether oxygens (including phenoxy) is 2. The highest BCUT2D eigenvalue weighted by Crippen LogP contribution is 2.13. The molecule has 1 rings (SSSR count). The maximum absolute atomic E-state index is 10.4. The number of carboxylic acid groups (broad SMARTS) is 1. The monoisotopic (exact) mass is 264 g/mol. The molecule has 0 aliphatic carbocycles. The van der Waals surface area contributed by atoms with Crippen LogP contribution in [0, 0.1) is 0 Å². The standard InChI is InChI=1S/C15H20O4/c1-2-3-10-18-11-12-19-14-7-4-13(5-8-14)6-9-15(16)17/h4-9H,2-3,10-12H2,1H3,(H,16,17)/b9-6+. The van der Waals surface area contributed by atoms with E-state index in [1.807, 2.05) is 24.3 Å². The van der Waals surface area contributed by atoms with Crippen LogP contribution >= 0.6 is 0 Å².